The Labute approximate surface area is 184 Å². The topological polar surface area (TPSA) is 211 Å². The summed E-state index contributed by atoms with van der Waals surface area (Å²) >= 11 is 0. The highest BCUT2D eigenvalue weighted by molar-refractivity contribution is 5.89. The van der Waals surface area contributed by atoms with Crippen LogP contribution in [0.2, 0.25) is 0 Å². The van der Waals surface area contributed by atoms with Crippen LogP contribution in [0.5, 0.6) is 28.7 Å². The maximum Gasteiger partial charge on any atom is 0.229 e. The van der Waals surface area contributed by atoms with Crippen LogP contribution in [0.25, 0.3) is 22.3 Å². The molecular weight excluding hydrogens is 444 g/mol. The molecule has 1 saturated heterocycles. The number of aromatic hydroxyl groups is 4. The number of fused-ring (bicyclic) bond motifs is 1. The first-order valence-corrected chi connectivity index (χ1v) is 9.64. The van der Waals surface area contributed by atoms with Crippen molar-refractivity contribution in [3.8, 4) is 40.1 Å². The van der Waals surface area contributed by atoms with Gasteiger partial charge in [-0.05, 0) is 18.2 Å². The number of hydrogen-bond donors (Lipinski definition) is 8. The fourth-order valence-electron chi connectivity index (χ4n) is 3.49. The van der Waals surface area contributed by atoms with E-state index in [2.05, 4.69) is 0 Å². The van der Waals surface area contributed by atoms with Crippen molar-refractivity contribution in [1.82, 2.24) is 0 Å². The Balaban J connectivity index is 1.75. The fourth-order valence-corrected chi connectivity index (χ4v) is 3.49. The molecule has 0 bridgehead atoms. The van der Waals surface area contributed by atoms with Gasteiger partial charge in [-0.2, -0.15) is 0 Å². The van der Waals surface area contributed by atoms with E-state index in [0.717, 1.165) is 18.2 Å². The van der Waals surface area contributed by atoms with E-state index in [4.69, 9.17) is 13.9 Å². The molecule has 0 aliphatic carbocycles. The number of ether oxygens (including phenoxy) is 2. The minimum atomic E-state index is -1.82. The van der Waals surface area contributed by atoms with Crippen molar-refractivity contribution in [3.63, 3.8) is 0 Å². The third-order valence-electron chi connectivity index (χ3n) is 5.27. The monoisotopic (exact) mass is 464 g/mol. The summed E-state index contributed by atoms with van der Waals surface area (Å²) in [6.07, 6.45) is -8.25. The van der Waals surface area contributed by atoms with Gasteiger partial charge in [0.05, 0.1) is 6.61 Å². The molecule has 1 aliphatic heterocycles. The van der Waals surface area contributed by atoms with Gasteiger partial charge in [-0.15, -0.1) is 0 Å². The first-order valence-electron chi connectivity index (χ1n) is 9.64. The van der Waals surface area contributed by atoms with Crippen LogP contribution in [0.3, 0.4) is 0 Å². The number of phenolic OH excluding ortho intramolecular Hbond substituents is 4. The minimum Gasteiger partial charge on any atom is -0.504 e. The smallest absolute Gasteiger partial charge is 0.229 e. The van der Waals surface area contributed by atoms with Gasteiger partial charge in [-0.3, -0.25) is 4.79 Å². The van der Waals surface area contributed by atoms with Crippen molar-refractivity contribution in [2.24, 2.45) is 0 Å². The quantitative estimate of drug-likeness (QED) is 0.229. The molecule has 3 aromatic rings. The van der Waals surface area contributed by atoms with E-state index in [9.17, 15) is 45.6 Å². The van der Waals surface area contributed by atoms with Crippen LogP contribution in [-0.2, 0) is 4.74 Å². The molecule has 0 spiro atoms. The summed E-state index contributed by atoms with van der Waals surface area (Å²) in [4.78, 5) is 12.7. The van der Waals surface area contributed by atoms with Crippen LogP contribution in [0.4, 0.5) is 0 Å². The Morgan fingerprint density at radius 1 is 0.879 bits per heavy atom. The Morgan fingerprint density at radius 3 is 2.27 bits per heavy atom. The molecule has 0 radical (unpaired) electrons. The minimum absolute atomic E-state index is 0.0378. The molecule has 33 heavy (non-hydrogen) atoms. The molecule has 12 heteroatoms. The zero-order valence-corrected chi connectivity index (χ0v) is 16.7. The van der Waals surface area contributed by atoms with Gasteiger partial charge in [0.25, 0.3) is 0 Å². The molecule has 12 nitrogen and oxygen atoms in total. The third-order valence-corrected chi connectivity index (χ3v) is 5.27. The number of hydrogen-bond acceptors (Lipinski definition) is 12. The van der Waals surface area contributed by atoms with Crippen molar-refractivity contribution in [1.29, 1.82) is 0 Å². The third kappa shape index (κ3) is 3.90. The zero-order chi connectivity index (χ0) is 24.0. The highest BCUT2D eigenvalue weighted by Crippen LogP contribution is 2.43. The molecule has 1 aromatic heterocycles. The van der Waals surface area contributed by atoms with E-state index in [1.54, 1.807) is 0 Å². The van der Waals surface area contributed by atoms with E-state index in [1.807, 2.05) is 0 Å². The predicted molar refractivity (Wildman–Crippen MR) is 109 cm³/mol. The standard InChI is InChI=1S/C21H20O12/c22-6-14-16(27)18(29)19(30)21(32-14)33-20-11(26)5-13-15(17(20)28)10(25)4-12(31-13)7-1-2-8(23)9(24)3-7/h1-5,14,16,18-19,21-24,26-30H,6H2/t14-,16-,18-,19-,21+/m1/s1. The lowest BCUT2D eigenvalue weighted by atomic mass is 9.99. The number of rotatable bonds is 4. The van der Waals surface area contributed by atoms with Gasteiger partial charge in [0, 0.05) is 17.7 Å². The van der Waals surface area contributed by atoms with Gasteiger partial charge in [-0.25, -0.2) is 0 Å². The van der Waals surface area contributed by atoms with Gasteiger partial charge in [0.1, 0.15) is 41.1 Å². The first-order chi connectivity index (χ1) is 15.6. The molecule has 1 fully saturated rings. The molecule has 0 unspecified atom stereocenters. The lowest BCUT2D eigenvalue weighted by molar-refractivity contribution is -0.277. The number of aliphatic hydroxyl groups is 4. The van der Waals surface area contributed by atoms with Gasteiger partial charge in [0.2, 0.25) is 12.0 Å². The maximum absolute atomic E-state index is 12.7. The number of aliphatic hydroxyl groups excluding tert-OH is 4. The summed E-state index contributed by atoms with van der Waals surface area (Å²) < 4.78 is 16.0. The van der Waals surface area contributed by atoms with Gasteiger partial charge >= 0.3 is 0 Å². The molecule has 0 amide bonds. The molecule has 1 aliphatic rings. The Kier molecular flexibility index (Phi) is 5.78. The summed E-state index contributed by atoms with van der Waals surface area (Å²) in [7, 11) is 0. The Hall–Kier alpha value is -3.55. The summed E-state index contributed by atoms with van der Waals surface area (Å²) in [6.45, 7) is -0.723. The van der Waals surface area contributed by atoms with E-state index in [1.165, 1.54) is 12.1 Å². The highest BCUT2D eigenvalue weighted by Gasteiger charge is 2.45. The second-order valence-electron chi connectivity index (χ2n) is 7.44. The van der Waals surface area contributed by atoms with Crippen molar-refractivity contribution in [3.05, 3.63) is 40.6 Å². The molecule has 2 heterocycles. The Morgan fingerprint density at radius 2 is 1.61 bits per heavy atom. The predicted octanol–water partition coefficient (Wildman–Crippen LogP) is -0.539. The van der Waals surface area contributed by atoms with E-state index in [0.29, 0.717) is 0 Å². The summed E-state index contributed by atoms with van der Waals surface area (Å²) in [6, 6.07) is 5.66. The van der Waals surface area contributed by atoms with E-state index in [-0.39, 0.29) is 28.0 Å². The maximum atomic E-state index is 12.7. The van der Waals surface area contributed by atoms with Crippen molar-refractivity contribution < 1.29 is 54.7 Å². The van der Waals surface area contributed by atoms with Crippen LogP contribution in [0.15, 0.2) is 39.5 Å². The van der Waals surface area contributed by atoms with Crippen LogP contribution in [0, 0.1) is 0 Å². The van der Waals surface area contributed by atoms with Crippen molar-refractivity contribution >= 4 is 11.0 Å². The van der Waals surface area contributed by atoms with Gasteiger partial charge < -0.3 is 54.7 Å². The molecular formula is C21H20O12. The molecule has 0 saturated carbocycles. The first kappa shape index (κ1) is 22.6. The molecule has 8 N–H and O–H groups in total. The molecule has 5 atom stereocenters. The summed E-state index contributed by atoms with van der Waals surface area (Å²) in [5, 5.41) is 78.8. The average Bonchev–Trinajstić information content (AvgIpc) is 2.77. The second kappa shape index (κ2) is 8.42. The summed E-state index contributed by atoms with van der Waals surface area (Å²) in [5.41, 5.74) is -0.777. The molecule has 176 valence electrons. The highest BCUT2D eigenvalue weighted by atomic mass is 16.7. The van der Waals surface area contributed by atoms with Crippen LogP contribution < -0.4 is 10.2 Å². The number of phenols is 4. The van der Waals surface area contributed by atoms with E-state index >= 15 is 0 Å². The van der Waals surface area contributed by atoms with Crippen LogP contribution >= 0.6 is 0 Å². The number of benzene rings is 2. The van der Waals surface area contributed by atoms with Crippen molar-refractivity contribution in [2.75, 3.05) is 6.61 Å². The van der Waals surface area contributed by atoms with Crippen LogP contribution in [0.1, 0.15) is 0 Å². The zero-order valence-electron chi connectivity index (χ0n) is 16.7. The fraction of sp³-hybridized carbons (Fsp3) is 0.286. The lowest BCUT2D eigenvalue weighted by Gasteiger charge is -2.39. The lowest BCUT2D eigenvalue weighted by Crippen LogP contribution is -2.60. The molecule has 2 aromatic carbocycles. The van der Waals surface area contributed by atoms with Crippen LogP contribution in [-0.4, -0.2) is 78.2 Å². The van der Waals surface area contributed by atoms with Gasteiger partial charge in [-0.1, -0.05) is 0 Å². The second-order valence-corrected chi connectivity index (χ2v) is 7.44. The largest absolute Gasteiger partial charge is 0.504 e. The average molecular weight is 464 g/mol. The molecule has 4 rings (SSSR count). The SMILES string of the molecule is O=c1cc(-c2ccc(O)c(O)c2)oc2cc(O)c(O[C@@H]3O[C@H](CO)[C@@H](O)[C@@H](O)[C@H]3O)c(O)c12. The summed E-state index contributed by atoms with van der Waals surface area (Å²) in [5.74, 6) is -3.11. The normalized spacial score (nSPS) is 25.3. The van der Waals surface area contributed by atoms with Gasteiger partial charge in [0.15, 0.2) is 28.4 Å². The van der Waals surface area contributed by atoms with E-state index < -0.39 is 65.7 Å². The van der Waals surface area contributed by atoms with Crippen molar-refractivity contribution in [2.45, 2.75) is 30.7 Å². The Bertz CT molecular complexity index is 1250.